The minimum absolute atomic E-state index is 0.279. The number of nitrogens with one attached hydrogen (secondary N) is 1. The van der Waals surface area contributed by atoms with Crippen LogP contribution in [0.1, 0.15) is 50.3 Å². The molecule has 0 amide bonds. The maximum atomic E-state index is 10.9. The van der Waals surface area contributed by atoms with Crippen LogP contribution < -0.4 is 10.1 Å². The van der Waals surface area contributed by atoms with Gasteiger partial charge in [0.05, 0.1) is 23.3 Å². The van der Waals surface area contributed by atoms with Crippen molar-refractivity contribution in [3.8, 4) is 5.75 Å². The molecule has 1 aromatic carbocycles. The number of imidazole rings is 1. The van der Waals surface area contributed by atoms with E-state index in [-0.39, 0.29) is 5.75 Å². The van der Waals surface area contributed by atoms with E-state index in [0.717, 1.165) is 35.5 Å². The summed E-state index contributed by atoms with van der Waals surface area (Å²) in [5, 5.41) is 12.3. The Bertz CT molecular complexity index is 947. The van der Waals surface area contributed by atoms with E-state index in [1.165, 1.54) is 25.7 Å². The highest BCUT2D eigenvalue weighted by atomic mass is 16.7. The van der Waals surface area contributed by atoms with Crippen molar-refractivity contribution in [2.24, 2.45) is 0 Å². The molecule has 2 aromatic heterocycles. The maximum absolute atomic E-state index is 10.9. The van der Waals surface area contributed by atoms with Crippen LogP contribution in [0.4, 0.5) is 10.7 Å². The van der Waals surface area contributed by atoms with E-state index in [2.05, 4.69) is 14.9 Å². The summed E-state index contributed by atoms with van der Waals surface area (Å²) < 4.78 is 7.08. The van der Waals surface area contributed by atoms with E-state index in [4.69, 9.17) is 14.8 Å². The Balaban J connectivity index is 1.69. The molecule has 0 spiro atoms. The van der Waals surface area contributed by atoms with Crippen molar-refractivity contribution in [1.29, 1.82) is 0 Å². The lowest BCUT2D eigenvalue weighted by Crippen LogP contribution is -2.13. The topological polar surface area (TPSA) is 89.3 Å². The van der Waals surface area contributed by atoms with Crippen molar-refractivity contribution >= 4 is 23.1 Å². The fourth-order valence-corrected chi connectivity index (χ4v) is 3.93. The molecule has 28 heavy (non-hydrogen) atoms. The molecular formula is C21H24N4O3. The molecule has 2 heterocycles. The minimum atomic E-state index is -1.32. The van der Waals surface area contributed by atoms with E-state index in [9.17, 15) is 4.79 Å². The first-order valence-electron chi connectivity index (χ1n) is 9.77. The van der Waals surface area contributed by atoms with Crippen LogP contribution >= 0.6 is 0 Å². The number of hydrogen-bond acceptors (Lipinski definition) is 5. The Hall–Kier alpha value is -3.09. The van der Waals surface area contributed by atoms with Crippen molar-refractivity contribution in [1.82, 2.24) is 14.5 Å². The first-order chi connectivity index (χ1) is 13.7. The number of hydrogen-bond donors (Lipinski definition) is 2. The predicted octanol–water partition coefficient (Wildman–Crippen LogP) is 5.00. The van der Waals surface area contributed by atoms with Crippen LogP contribution in [0.5, 0.6) is 5.75 Å². The van der Waals surface area contributed by atoms with Crippen LogP contribution in [0.15, 0.2) is 42.6 Å². The highest BCUT2D eigenvalue weighted by molar-refractivity contribution is 5.81. The van der Waals surface area contributed by atoms with Gasteiger partial charge in [-0.15, -0.1) is 0 Å². The van der Waals surface area contributed by atoms with Gasteiger partial charge in [-0.3, -0.25) is 4.98 Å². The van der Waals surface area contributed by atoms with E-state index in [0.29, 0.717) is 12.6 Å². The standard InChI is InChI=1S/C21H24N4O3/c26-21(27)28-17-10-11-19-18(13-17)24-20(23-14-15-7-5-6-12-22-15)25(19)16-8-3-1-2-4-9-16/h5-7,10-13,16H,1-4,8-9,14H2,(H,23,24)(H,26,27). The molecule has 7 nitrogen and oxygen atoms in total. The highest BCUT2D eigenvalue weighted by Gasteiger charge is 2.21. The van der Waals surface area contributed by atoms with Crippen molar-refractivity contribution in [2.75, 3.05) is 5.32 Å². The molecular weight excluding hydrogens is 356 g/mol. The summed E-state index contributed by atoms with van der Waals surface area (Å²) in [4.78, 5) is 20.0. The molecule has 1 aliphatic carbocycles. The Morgan fingerprint density at radius 3 is 2.71 bits per heavy atom. The van der Waals surface area contributed by atoms with Gasteiger partial charge in [0.25, 0.3) is 0 Å². The van der Waals surface area contributed by atoms with Crippen LogP contribution in [-0.4, -0.2) is 25.8 Å². The normalized spacial score (nSPS) is 15.3. The number of benzene rings is 1. The van der Waals surface area contributed by atoms with Gasteiger partial charge < -0.3 is 19.7 Å². The summed E-state index contributed by atoms with van der Waals surface area (Å²) in [6.45, 7) is 0.579. The average Bonchev–Trinajstić information content (AvgIpc) is 2.85. The van der Waals surface area contributed by atoms with Crippen LogP contribution in [0.25, 0.3) is 11.0 Å². The smallest absolute Gasteiger partial charge is 0.449 e. The fraction of sp³-hybridized carbons (Fsp3) is 0.381. The molecule has 0 saturated heterocycles. The van der Waals surface area contributed by atoms with Gasteiger partial charge in [0, 0.05) is 18.3 Å². The zero-order chi connectivity index (χ0) is 19.3. The number of aromatic nitrogens is 3. The Kier molecular flexibility index (Phi) is 5.41. The van der Waals surface area contributed by atoms with Crippen molar-refractivity contribution in [3.63, 3.8) is 0 Å². The zero-order valence-electron chi connectivity index (χ0n) is 15.7. The first kappa shape index (κ1) is 18.3. The van der Waals surface area contributed by atoms with Crippen molar-refractivity contribution in [2.45, 2.75) is 51.1 Å². The predicted molar refractivity (Wildman–Crippen MR) is 107 cm³/mol. The number of nitrogens with zero attached hydrogens (tertiary/aromatic N) is 3. The van der Waals surface area contributed by atoms with Crippen LogP contribution in [-0.2, 0) is 6.54 Å². The summed E-state index contributed by atoms with van der Waals surface area (Å²) in [6.07, 6.45) is 7.67. The quantitative estimate of drug-likeness (QED) is 0.368. The molecule has 4 rings (SSSR count). The third-order valence-corrected chi connectivity index (χ3v) is 5.21. The summed E-state index contributed by atoms with van der Waals surface area (Å²) in [7, 11) is 0. The molecule has 1 fully saturated rings. The number of carbonyl (C=O) groups is 1. The Morgan fingerprint density at radius 2 is 2.00 bits per heavy atom. The second kappa shape index (κ2) is 8.29. The van der Waals surface area contributed by atoms with Gasteiger partial charge in [0.15, 0.2) is 0 Å². The third kappa shape index (κ3) is 4.08. The summed E-state index contributed by atoms with van der Waals surface area (Å²) in [5.74, 6) is 1.07. The third-order valence-electron chi connectivity index (χ3n) is 5.21. The second-order valence-corrected chi connectivity index (χ2v) is 7.14. The number of anilines is 1. The summed E-state index contributed by atoms with van der Waals surface area (Å²) in [6, 6.07) is 11.5. The Morgan fingerprint density at radius 1 is 1.18 bits per heavy atom. The molecule has 0 atom stereocenters. The van der Waals surface area contributed by atoms with Gasteiger partial charge in [0.1, 0.15) is 5.75 Å². The number of rotatable bonds is 5. The molecule has 0 radical (unpaired) electrons. The van der Waals surface area contributed by atoms with E-state index in [1.807, 2.05) is 24.3 Å². The van der Waals surface area contributed by atoms with Crippen LogP contribution in [0.2, 0.25) is 0 Å². The largest absolute Gasteiger partial charge is 0.511 e. The highest BCUT2D eigenvalue weighted by Crippen LogP contribution is 2.34. The molecule has 0 bridgehead atoms. The number of pyridine rings is 1. The van der Waals surface area contributed by atoms with Gasteiger partial charge in [-0.25, -0.2) is 9.78 Å². The van der Waals surface area contributed by atoms with Gasteiger partial charge in [-0.2, -0.15) is 0 Å². The van der Waals surface area contributed by atoms with Gasteiger partial charge in [0.2, 0.25) is 5.95 Å². The Labute approximate surface area is 163 Å². The zero-order valence-corrected chi connectivity index (χ0v) is 15.7. The van der Waals surface area contributed by atoms with Gasteiger partial charge in [-0.05, 0) is 37.1 Å². The van der Waals surface area contributed by atoms with E-state index >= 15 is 0 Å². The molecule has 146 valence electrons. The number of ether oxygens (including phenoxy) is 1. The average molecular weight is 380 g/mol. The molecule has 1 saturated carbocycles. The first-order valence-corrected chi connectivity index (χ1v) is 9.77. The summed E-state index contributed by atoms with van der Waals surface area (Å²) in [5.41, 5.74) is 2.66. The van der Waals surface area contributed by atoms with Gasteiger partial charge >= 0.3 is 6.16 Å². The number of carboxylic acid groups (broad SMARTS) is 1. The monoisotopic (exact) mass is 380 g/mol. The van der Waals surface area contributed by atoms with Crippen molar-refractivity contribution in [3.05, 3.63) is 48.3 Å². The SMILES string of the molecule is O=C(O)Oc1ccc2c(c1)nc(NCc1ccccn1)n2C1CCCCCC1. The lowest BCUT2D eigenvalue weighted by atomic mass is 10.1. The fourth-order valence-electron chi connectivity index (χ4n) is 3.93. The second-order valence-electron chi connectivity index (χ2n) is 7.14. The number of fused-ring (bicyclic) bond motifs is 1. The summed E-state index contributed by atoms with van der Waals surface area (Å²) >= 11 is 0. The molecule has 1 aliphatic rings. The molecule has 0 aliphatic heterocycles. The van der Waals surface area contributed by atoms with Gasteiger partial charge in [-0.1, -0.05) is 31.7 Å². The van der Waals surface area contributed by atoms with Crippen molar-refractivity contribution < 1.29 is 14.6 Å². The molecule has 3 aromatic rings. The molecule has 0 unspecified atom stereocenters. The van der Waals surface area contributed by atoms with Crippen LogP contribution in [0, 0.1) is 0 Å². The lowest BCUT2D eigenvalue weighted by molar-refractivity contribution is 0.144. The van der Waals surface area contributed by atoms with E-state index in [1.54, 1.807) is 18.3 Å². The minimum Gasteiger partial charge on any atom is -0.449 e. The van der Waals surface area contributed by atoms with Crippen LogP contribution in [0.3, 0.4) is 0 Å². The molecule has 7 heteroatoms. The lowest BCUT2D eigenvalue weighted by Gasteiger charge is -2.20. The molecule has 2 N–H and O–H groups in total. The maximum Gasteiger partial charge on any atom is 0.511 e. The van der Waals surface area contributed by atoms with E-state index < -0.39 is 6.16 Å².